The lowest BCUT2D eigenvalue weighted by molar-refractivity contribution is 0.0992. The molecule has 30 heavy (non-hydrogen) atoms. The van der Waals surface area contributed by atoms with E-state index in [0.717, 1.165) is 5.56 Å². The fraction of sp³-hybridized carbons (Fsp3) is 0.167. The van der Waals surface area contributed by atoms with Crippen molar-refractivity contribution in [3.63, 3.8) is 0 Å². The van der Waals surface area contributed by atoms with Gasteiger partial charge in [-0.3, -0.25) is 9.59 Å². The minimum atomic E-state index is -0.257. The summed E-state index contributed by atoms with van der Waals surface area (Å²) in [5, 5.41) is 3.43. The molecule has 1 amide bonds. The number of amides is 1. The van der Waals surface area contributed by atoms with E-state index in [1.807, 2.05) is 25.1 Å². The summed E-state index contributed by atoms with van der Waals surface area (Å²) in [6, 6.07) is 17.4. The van der Waals surface area contributed by atoms with Gasteiger partial charge in [-0.2, -0.15) is 0 Å². The van der Waals surface area contributed by atoms with Crippen LogP contribution in [-0.4, -0.2) is 18.3 Å². The Kier molecular flexibility index (Phi) is 5.72. The van der Waals surface area contributed by atoms with Crippen LogP contribution in [0.4, 0.5) is 5.69 Å². The first-order valence-corrected chi connectivity index (χ1v) is 10.1. The lowest BCUT2D eigenvalue weighted by Gasteiger charge is -2.15. The molecule has 5 nitrogen and oxygen atoms in total. The zero-order valence-electron chi connectivity index (χ0n) is 16.4. The summed E-state index contributed by atoms with van der Waals surface area (Å²) in [4.78, 5) is 24.6. The Hall–Kier alpha value is -3.31. The smallest absolute Gasteiger partial charge is 0.255 e. The fourth-order valence-electron chi connectivity index (χ4n) is 3.42. The maximum Gasteiger partial charge on any atom is 0.255 e. The van der Waals surface area contributed by atoms with Gasteiger partial charge in [0.2, 0.25) is 0 Å². The van der Waals surface area contributed by atoms with Gasteiger partial charge in [-0.05, 0) is 55.8 Å². The highest BCUT2D eigenvalue weighted by Gasteiger charge is 2.23. The van der Waals surface area contributed by atoms with Crippen LogP contribution in [0.1, 0.15) is 39.6 Å². The minimum Gasteiger partial charge on any atom is -0.490 e. The van der Waals surface area contributed by atoms with E-state index in [-0.39, 0.29) is 11.7 Å². The second kappa shape index (κ2) is 8.59. The van der Waals surface area contributed by atoms with Gasteiger partial charge in [0, 0.05) is 39.9 Å². The summed E-state index contributed by atoms with van der Waals surface area (Å²) < 4.78 is 11.8. The van der Waals surface area contributed by atoms with Crippen LogP contribution in [0.3, 0.4) is 0 Å². The van der Waals surface area contributed by atoms with Crippen molar-refractivity contribution in [3.8, 4) is 17.2 Å². The van der Waals surface area contributed by atoms with Gasteiger partial charge in [0.15, 0.2) is 17.3 Å². The Labute approximate surface area is 179 Å². The highest BCUT2D eigenvalue weighted by molar-refractivity contribution is 6.30. The van der Waals surface area contributed by atoms with E-state index in [1.165, 1.54) is 0 Å². The number of rotatable bonds is 6. The minimum absolute atomic E-state index is 0.129. The van der Waals surface area contributed by atoms with Crippen molar-refractivity contribution in [2.24, 2.45) is 0 Å². The van der Waals surface area contributed by atoms with Crippen molar-refractivity contribution in [1.29, 1.82) is 0 Å². The SMILES string of the molecule is CCOc1ccc(NC(=O)c2ccc(Cl)cc2)cc1Oc1cccc2c1CCC2=O. The number of carbonyl (C=O) groups excluding carboxylic acids is 2. The number of ketones is 1. The molecule has 3 aromatic carbocycles. The largest absolute Gasteiger partial charge is 0.490 e. The van der Waals surface area contributed by atoms with Gasteiger partial charge in [-0.25, -0.2) is 0 Å². The van der Waals surface area contributed by atoms with Crippen LogP contribution in [-0.2, 0) is 6.42 Å². The van der Waals surface area contributed by atoms with E-state index in [1.54, 1.807) is 42.5 Å². The van der Waals surface area contributed by atoms with Crippen LogP contribution in [0.15, 0.2) is 60.7 Å². The highest BCUT2D eigenvalue weighted by atomic mass is 35.5. The predicted molar refractivity (Wildman–Crippen MR) is 116 cm³/mol. The predicted octanol–water partition coefficient (Wildman–Crippen LogP) is 5.91. The van der Waals surface area contributed by atoms with Crippen molar-refractivity contribution in [3.05, 3.63) is 82.4 Å². The average Bonchev–Trinajstić information content (AvgIpc) is 3.12. The molecule has 4 rings (SSSR count). The molecule has 0 bridgehead atoms. The van der Waals surface area contributed by atoms with Crippen molar-refractivity contribution in [1.82, 2.24) is 0 Å². The number of hydrogen-bond acceptors (Lipinski definition) is 4. The lowest BCUT2D eigenvalue weighted by atomic mass is 10.1. The number of carbonyl (C=O) groups is 2. The molecule has 0 saturated heterocycles. The van der Waals surface area contributed by atoms with E-state index < -0.39 is 0 Å². The molecule has 1 aliphatic carbocycles. The van der Waals surface area contributed by atoms with Gasteiger partial charge in [0.25, 0.3) is 5.91 Å². The molecule has 1 N–H and O–H groups in total. The molecule has 1 aliphatic rings. The number of nitrogens with one attached hydrogen (secondary N) is 1. The molecule has 6 heteroatoms. The number of hydrogen-bond donors (Lipinski definition) is 1. The Balaban J connectivity index is 1.62. The molecule has 3 aromatic rings. The summed E-state index contributed by atoms with van der Waals surface area (Å²) in [5.74, 6) is 1.53. The van der Waals surface area contributed by atoms with Gasteiger partial charge < -0.3 is 14.8 Å². The second-order valence-electron chi connectivity index (χ2n) is 6.86. The van der Waals surface area contributed by atoms with Gasteiger partial charge in [0.1, 0.15) is 5.75 Å². The van der Waals surface area contributed by atoms with E-state index in [2.05, 4.69) is 5.32 Å². The van der Waals surface area contributed by atoms with Crippen molar-refractivity contribution >= 4 is 29.0 Å². The number of benzene rings is 3. The first-order valence-electron chi connectivity index (χ1n) is 9.72. The number of halogens is 1. The third-order valence-corrected chi connectivity index (χ3v) is 5.12. The van der Waals surface area contributed by atoms with Crippen molar-refractivity contribution in [2.45, 2.75) is 19.8 Å². The summed E-state index contributed by atoms with van der Waals surface area (Å²) in [7, 11) is 0. The van der Waals surface area contributed by atoms with E-state index in [4.69, 9.17) is 21.1 Å². The van der Waals surface area contributed by atoms with Crippen molar-refractivity contribution in [2.75, 3.05) is 11.9 Å². The zero-order valence-corrected chi connectivity index (χ0v) is 17.2. The average molecular weight is 422 g/mol. The lowest BCUT2D eigenvalue weighted by Crippen LogP contribution is -2.11. The van der Waals surface area contributed by atoms with Crippen molar-refractivity contribution < 1.29 is 19.1 Å². The molecule has 0 aliphatic heterocycles. The molecule has 0 spiro atoms. The van der Waals surface area contributed by atoms with E-state index >= 15 is 0 Å². The molecule has 0 radical (unpaired) electrons. The van der Waals surface area contributed by atoms with Gasteiger partial charge >= 0.3 is 0 Å². The standard InChI is InChI=1S/C24H20ClNO4/c1-2-29-22-13-10-17(26-24(28)15-6-8-16(25)9-7-15)14-23(22)30-21-5-3-4-18-19(21)11-12-20(18)27/h3-10,13-14H,2,11-12H2,1H3,(H,26,28). The third kappa shape index (κ3) is 4.16. The number of ether oxygens (including phenoxy) is 2. The molecule has 152 valence electrons. The second-order valence-corrected chi connectivity index (χ2v) is 7.30. The monoisotopic (exact) mass is 421 g/mol. The Morgan fingerprint density at radius 3 is 2.57 bits per heavy atom. The Morgan fingerprint density at radius 2 is 1.80 bits per heavy atom. The van der Waals surface area contributed by atoms with Gasteiger partial charge in [-0.15, -0.1) is 0 Å². The topological polar surface area (TPSA) is 64.6 Å². The first kappa shape index (κ1) is 20.0. The highest BCUT2D eigenvalue weighted by Crippen LogP contribution is 2.38. The molecule has 0 saturated carbocycles. The third-order valence-electron chi connectivity index (χ3n) is 4.86. The van der Waals surface area contributed by atoms with Crippen LogP contribution in [0.5, 0.6) is 17.2 Å². The molecular weight excluding hydrogens is 402 g/mol. The summed E-state index contributed by atoms with van der Waals surface area (Å²) in [5.41, 5.74) is 2.67. The maximum atomic E-state index is 12.5. The Morgan fingerprint density at radius 1 is 1.00 bits per heavy atom. The fourth-order valence-corrected chi connectivity index (χ4v) is 3.54. The number of anilines is 1. The maximum absolute atomic E-state index is 12.5. The molecule has 0 atom stereocenters. The molecule has 0 unspecified atom stereocenters. The summed E-state index contributed by atoms with van der Waals surface area (Å²) in [6.45, 7) is 2.36. The zero-order chi connectivity index (χ0) is 21.1. The number of Topliss-reactive ketones (excluding diaryl/α,β-unsaturated/α-hetero) is 1. The van der Waals surface area contributed by atoms with Crippen LogP contribution in [0.2, 0.25) is 5.02 Å². The van der Waals surface area contributed by atoms with Crippen LogP contribution < -0.4 is 14.8 Å². The number of fused-ring (bicyclic) bond motifs is 1. The summed E-state index contributed by atoms with van der Waals surface area (Å²) >= 11 is 5.89. The first-order chi connectivity index (χ1) is 14.5. The normalized spacial score (nSPS) is 12.4. The summed E-state index contributed by atoms with van der Waals surface area (Å²) in [6.07, 6.45) is 1.15. The molecule has 0 heterocycles. The Bertz CT molecular complexity index is 1110. The molecule has 0 fully saturated rings. The quantitative estimate of drug-likeness (QED) is 0.537. The van der Waals surface area contributed by atoms with Crippen LogP contribution >= 0.6 is 11.6 Å². The molecule has 0 aromatic heterocycles. The molecular formula is C24H20ClNO4. The van der Waals surface area contributed by atoms with Crippen LogP contribution in [0, 0.1) is 0 Å². The van der Waals surface area contributed by atoms with Gasteiger partial charge in [0.05, 0.1) is 6.61 Å². The van der Waals surface area contributed by atoms with E-state index in [0.29, 0.717) is 58.5 Å². The van der Waals surface area contributed by atoms with Gasteiger partial charge in [-0.1, -0.05) is 23.7 Å². The van der Waals surface area contributed by atoms with Crippen LogP contribution in [0.25, 0.3) is 0 Å². The van der Waals surface area contributed by atoms with E-state index in [9.17, 15) is 9.59 Å².